The quantitative estimate of drug-likeness (QED) is 0.526. The summed E-state index contributed by atoms with van der Waals surface area (Å²) in [5.74, 6) is 0. The van der Waals surface area contributed by atoms with Crippen molar-refractivity contribution in [2.24, 2.45) is 0 Å². The minimum Gasteiger partial charge on any atom is -0.472 e. The van der Waals surface area contributed by atoms with Crippen molar-refractivity contribution in [1.29, 1.82) is 0 Å². The molecule has 0 N–H and O–H groups in total. The molecule has 2 aliphatic rings. The highest BCUT2D eigenvalue weighted by Gasteiger charge is 2.03. The Morgan fingerprint density at radius 2 is 2.17 bits per heavy atom. The maximum Gasteiger partial charge on any atom is 0.0976 e. The van der Waals surface area contributed by atoms with Gasteiger partial charge in [0, 0.05) is 5.57 Å². The number of ether oxygens (including phenoxy) is 1. The van der Waals surface area contributed by atoms with Gasteiger partial charge in [0.1, 0.15) is 0 Å². The molecule has 1 nitrogen and oxygen atoms in total. The van der Waals surface area contributed by atoms with Crippen LogP contribution in [-0.4, -0.2) is 0 Å². The second kappa shape index (κ2) is 3.26. The fraction of sp³-hybridized carbons (Fsp3) is 0.0909. The van der Waals surface area contributed by atoms with E-state index in [4.69, 9.17) is 4.74 Å². The molecule has 0 aromatic heterocycles. The van der Waals surface area contributed by atoms with E-state index < -0.39 is 0 Å². The molecule has 1 aliphatic carbocycles. The van der Waals surface area contributed by atoms with E-state index in [2.05, 4.69) is 24.3 Å². The lowest BCUT2D eigenvalue weighted by molar-refractivity contribution is 0.401. The number of hydrogen-bond acceptors (Lipinski definition) is 1. The molecule has 60 valence electrons. The molecule has 0 saturated heterocycles. The van der Waals surface area contributed by atoms with Crippen molar-refractivity contribution in [3.63, 3.8) is 0 Å². The first-order valence-corrected chi connectivity index (χ1v) is 4.02. The van der Waals surface area contributed by atoms with Crippen molar-refractivity contribution < 1.29 is 4.74 Å². The zero-order valence-corrected chi connectivity index (χ0v) is 6.73. The summed E-state index contributed by atoms with van der Waals surface area (Å²) in [5, 5.41) is 0. The fourth-order valence-electron chi connectivity index (χ4n) is 1.25. The van der Waals surface area contributed by atoms with Crippen LogP contribution in [0.5, 0.6) is 0 Å². The Morgan fingerprint density at radius 3 is 3.17 bits per heavy atom. The Morgan fingerprint density at radius 1 is 1.17 bits per heavy atom. The van der Waals surface area contributed by atoms with Gasteiger partial charge in [-0.3, -0.25) is 0 Å². The molecule has 0 aromatic rings. The second-order valence-electron chi connectivity index (χ2n) is 2.72. The minimum absolute atomic E-state index is 0.979. The monoisotopic (exact) mass is 158 g/mol. The second-order valence-corrected chi connectivity index (χ2v) is 2.72. The Hall–Kier alpha value is -1.50. The van der Waals surface area contributed by atoms with Crippen LogP contribution in [0.15, 0.2) is 60.1 Å². The van der Waals surface area contributed by atoms with E-state index in [0.29, 0.717) is 0 Å². The van der Waals surface area contributed by atoms with Gasteiger partial charge in [-0.1, -0.05) is 30.4 Å². The molecule has 0 amide bonds. The van der Waals surface area contributed by atoms with Crippen molar-refractivity contribution in [2.45, 2.75) is 6.42 Å². The molecule has 0 saturated carbocycles. The van der Waals surface area contributed by atoms with Gasteiger partial charge in [0.25, 0.3) is 0 Å². The van der Waals surface area contributed by atoms with Crippen LogP contribution in [0.1, 0.15) is 6.42 Å². The number of allylic oxidation sites excluding steroid dienone is 8. The lowest BCUT2D eigenvalue weighted by Gasteiger charge is -2.00. The zero-order valence-electron chi connectivity index (χ0n) is 6.73. The smallest absolute Gasteiger partial charge is 0.0976 e. The van der Waals surface area contributed by atoms with Crippen LogP contribution in [0, 0.1) is 0 Å². The third kappa shape index (κ3) is 1.40. The summed E-state index contributed by atoms with van der Waals surface area (Å²) in [7, 11) is 0. The molecular weight excluding hydrogens is 148 g/mol. The van der Waals surface area contributed by atoms with Crippen LogP contribution >= 0.6 is 0 Å². The van der Waals surface area contributed by atoms with Crippen LogP contribution in [0.3, 0.4) is 0 Å². The summed E-state index contributed by atoms with van der Waals surface area (Å²) < 4.78 is 5.15. The molecule has 0 spiro atoms. The van der Waals surface area contributed by atoms with E-state index in [9.17, 15) is 0 Å². The van der Waals surface area contributed by atoms with Crippen molar-refractivity contribution in [3.8, 4) is 0 Å². The van der Waals surface area contributed by atoms with Crippen molar-refractivity contribution >= 4 is 0 Å². The van der Waals surface area contributed by atoms with Gasteiger partial charge in [-0.15, -0.1) is 0 Å². The van der Waals surface area contributed by atoms with Crippen molar-refractivity contribution in [2.75, 3.05) is 0 Å². The van der Waals surface area contributed by atoms with Crippen molar-refractivity contribution in [3.05, 3.63) is 60.1 Å². The van der Waals surface area contributed by atoms with E-state index >= 15 is 0 Å². The average molecular weight is 158 g/mol. The molecule has 1 heteroatoms. The Bertz CT molecular complexity index is 314. The molecule has 0 fully saturated rings. The van der Waals surface area contributed by atoms with E-state index in [1.165, 1.54) is 5.57 Å². The van der Waals surface area contributed by atoms with Crippen LogP contribution in [0.25, 0.3) is 0 Å². The van der Waals surface area contributed by atoms with Crippen LogP contribution in [0.4, 0.5) is 0 Å². The summed E-state index contributed by atoms with van der Waals surface area (Å²) in [6.07, 6.45) is 16.7. The van der Waals surface area contributed by atoms with E-state index in [1.54, 1.807) is 12.5 Å². The molecule has 1 aliphatic heterocycles. The Kier molecular flexibility index (Phi) is 1.95. The predicted molar refractivity (Wildman–Crippen MR) is 49.3 cm³/mol. The normalized spacial score (nSPS) is 20.0. The van der Waals surface area contributed by atoms with Gasteiger partial charge in [0.15, 0.2) is 0 Å². The first-order valence-electron chi connectivity index (χ1n) is 4.02. The highest BCUT2D eigenvalue weighted by Crippen LogP contribution is 2.20. The molecule has 0 unspecified atom stereocenters. The Balaban J connectivity index is 2.38. The summed E-state index contributed by atoms with van der Waals surface area (Å²) >= 11 is 0. The molecule has 2 rings (SSSR count). The maximum atomic E-state index is 5.15. The summed E-state index contributed by atoms with van der Waals surface area (Å²) in [6, 6.07) is 0. The van der Waals surface area contributed by atoms with Gasteiger partial charge in [0.05, 0.1) is 12.5 Å². The Labute approximate surface area is 72.0 Å². The first-order chi connectivity index (χ1) is 5.97. The van der Waals surface area contributed by atoms with Gasteiger partial charge in [0.2, 0.25) is 0 Å². The van der Waals surface area contributed by atoms with Gasteiger partial charge in [-0.25, -0.2) is 0 Å². The number of fused-ring (bicyclic) bond motifs is 1. The average Bonchev–Trinajstić information content (AvgIpc) is 2.38. The van der Waals surface area contributed by atoms with Crippen LogP contribution in [-0.2, 0) is 4.74 Å². The highest BCUT2D eigenvalue weighted by atomic mass is 16.5. The zero-order chi connectivity index (χ0) is 8.23. The molecule has 0 bridgehead atoms. The lowest BCUT2D eigenvalue weighted by Crippen LogP contribution is -1.83. The largest absolute Gasteiger partial charge is 0.472 e. The van der Waals surface area contributed by atoms with Crippen LogP contribution < -0.4 is 0 Å². The topological polar surface area (TPSA) is 9.23 Å². The summed E-state index contributed by atoms with van der Waals surface area (Å²) in [5.41, 5.74) is 2.46. The minimum atomic E-state index is 0.979. The standard InChI is InChI=1S/C11H10O/c1-2-5-10-7-4-8-12-9-11(10)6-3-1/h1-4,6-9H,5H2. The molecule has 0 aromatic carbocycles. The van der Waals surface area contributed by atoms with Gasteiger partial charge >= 0.3 is 0 Å². The first kappa shape index (κ1) is 7.17. The third-order valence-corrected chi connectivity index (χ3v) is 1.88. The molecule has 0 atom stereocenters. The van der Waals surface area contributed by atoms with Crippen LogP contribution in [0.2, 0.25) is 0 Å². The predicted octanol–water partition coefficient (Wildman–Crippen LogP) is 2.86. The van der Waals surface area contributed by atoms with Gasteiger partial charge in [-0.2, -0.15) is 0 Å². The van der Waals surface area contributed by atoms with Gasteiger partial charge in [-0.05, 0) is 18.1 Å². The van der Waals surface area contributed by atoms with E-state index in [-0.39, 0.29) is 0 Å². The van der Waals surface area contributed by atoms with E-state index in [0.717, 1.165) is 12.0 Å². The SMILES string of the molecule is C1=CCC2=CC=COC=C2C=C1. The molecule has 1 heterocycles. The highest BCUT2D eigenvalue weighted by molar-refractivity contribution is 5.45. The number of rotatable bonds is 0. The molecule has 12 heavy (non-hydrogen) atoms. The third-order valence-electron chi connectivity index (χ3n) is 1.88. The van der Waals surface area contributed by atoms with Crippen molar-refractivity contribution in [1.82, 2.24) is 0 Å². The fourth-order valence-corrected chi connectivity index (χ4v) is 1.25. The summed E-state index contributed by atoms with van der Waals surface area (Å²) in [6.45, 7) is 0. The lowest BCUT2D eigenvalue weighted by atomic mass is 10.1. The van der Waals surface area contributed by atoms with Gasteiger partial charge < -0.3 is 4.74 Å². The maximum absolute atomic E-state index is 5.15. The van der Waals surface area contributed by atoms with E-state index in [1.807, 2.05) is 12.2 Å². The molecule has 0 radical (unpaired) electrons. The molecular formula is C11H10O. The summed E-state index contributed by atoms with van der Waals surface area (Å²) in [4.78, 5) is 0. The number of hydrogen-bond donors (Lipinski definition) is 0.